The van der Waals surface area contributed by atoms with Gasteiger partial charge in [0.15, 0.2) is 0 Å². The van der Waals surface area contributed by atoms with Crippen LogP contribution >= 0.6 is 0 Å². The largest absolute Gasteiger partial charge is 0.356 e. The highest BCUT2D eigenvalue weighted by molar-refractivity contribution is 5.76. The third kappa shape index (κ3) is 1.48. The summed E-state index contributed by atoms with van der Waals surface area (Å²) in [6, 6.07) is 0.492. The third-order valence-corrected chi connectivity index (χ3v) is 1.93. The molecule has 1 heterocycles. The van der Waals surface area contributed by atoms with Crippen LogP contribution in [0.15, 0.2) is 0 Å². The maximum absolute atomic E-state index is 7.42. The number of nitrogens with zero attached hydrogens (tertiary/aromatic N) is 1. The van der Waals surface area contributed by atoms with Crippen LogP contribution in [-0.4, -0.2) is 36.4 Å². The summed E-state index contributed by atoms with van der Waals surface area (Å²) in [5.41, 5.74) is 0. The molecule has 3 nitrogen and oxygen atoms in total. The van der Waals surface area contributed by atoms with Gasteiger partial charge in [0.2, 0.25) is 0 Å². The highest BCUT2D eigenvalue weighted by atomic mass is 15.2. The van der Waals surface area contributed by atoms with Crippen molar-refractivity contribution in [3.63, 3.8) is 0 Å². The fourth-order valence-corrected chi connectivity index (χ4v) is 1.34. The minimum absolute atomic E-state index is 0.492. The average molecular weight is 141 g/mol. The second kappa shape index (κ2) is 3.01. The van der Waals surface area contributed by atoms with E-state index in [1.54, 1.807) is 0 Å². The maximum Gasteiger partial charge on any atom is 0.0929 e. The van der Waals surface area contributed by atoms with Crippen LogP contribution in [0.3, 0.4) is 0 Å². The molecule has 0 aromatic carbocycles. The van der Waals surface area contributed by atoms with Gasteiger partial charge in [0.25, 0.3) is 0 Å². The molecule has 0 radical (unpaired) electrons. The first-order valence-corrected chi connectivity index (χ1v) is 3.74. The van der Waals surface area contributed by atoms with Gasteiger partial charge < -0.3 is 10.2 Å². The summed E-state index contributed by atoms with van der Waals surface area (Å²) >= 11 is 0. The Hall–Kier alpha value is -0.570. The molecular weight excluding hydrogens is 126 g/mol. The van der Waals surface area contributed by atoms with E-state index in [9.17, 15) is 0 Å². The van der Waals surface area contributed by atoms with E-state index < -0.39 is 0 Å². The normalized spacial score (nSPS) is 26.6. The summed E-state index contributed by atoms with van der Waals surface area (Å²) in [5, 5.41) is 10.7. The molecule has 0 aromatic rings. The molecule has 10 heavy (non-hydrogen) atoms. The van der Waals surface area contributed by atoms with Crippen molar-refractivity contribution in [2.45, 2.75) is 19.9 Å². The Morgan fingerprint density at radius 2 is 2.40 bits per heavy atom. The molecule has 0 amide bonds. The molecule has 0 spiro atoms. The molecule has 1 aliphatic heterocycles. The average Bonchev–Trinajstić information content (AvgIpc) is 1.88. The fourth-order valence-electron chi connectivity index (χ4n) is 1.34. The van der Waals surface area contributed by atoms with Gasteiger partial charge in [-0.05, 0) is 13.8 Å². The molecule has 1 rings (SSSR count). The Kier molecular flexibility index (Phi) is 2.27. The fraction of sp³-hybridized carbons (Fsp3) is 0.857. The van der Waals surface area contributed by atoms with Gasteiger partial charge in [0, 0.05) is 25.7 Å². The van der Waals surface area contributed by atoms with Gasteiger partial charge in [-0.1, -0.05) is 0 Å². The summed E-state index contributed by atoms with van der Waals surface area (Å²) in [6.07, 6.45) is 0. The Morgan fingerprint density at radius 3 is 2.80 bits per heavy atom. The summed E-state index contributed by atoms with van der Waals surface area (Å²) in [5.74, 6) is 0.689. The van der Waals surface area contributed by atoms with Crippen LogP contribution in [0.1, 0.15) is 13.8 Å². The van der Waals surface area contributed by atoms with E-state index in [2.05, 4.69) is 17.1 Å². The van der Waals surface area contributed by atoms with Crippen molar-refractivity contribution >= 4 is 5.84 Å². The molecule has 0 aliphatic carbocycles. The van der Waals surface area contributed by atoms with Crippen molar-refractivity contribution in [1.82, 2.24) is 10.2 Å². The zero-order chi connectivity index (χ0) is 7.56. The van der Waals surface area contributed by atoms with E-state index in [-0.39, 0.29) is 0 Å². The van der Waals surface area contributed by atoms with Crippen molar-refractivity contribution in [2.75, 3.05) is 19.6 Å². The Labute approximate surface area is 61.9 Å². The van der Waals surface area contributed by atoms with Crippen LogP contribution in [0.4, 0.5) is 0 Å². The number of hydrogen-bond donors (Lipinski definition) is 2. The SMILES string of the molecule is CC(=N)N1CCNC[C@@H]1C. The first kappa shape index (κ1) is 7.54. The molecule has 0 bridgehead atoms. The van der Waals surface area contributed by atoms with Crippen molar-refractivity contribution in [1.29, 1.82) is 5.41 Å². The van der Waals surface area contributed by atoms with Crippen molar-refractivity contribution < 1.29 is 0 Å². The van der Waals surface area contributed by atoms with Gasteiger partial charge in [-0.15, -0.1) is 0 Å². The molecule has 0 saturated carbocycles. The predicted octanol–water partition coefficient (Wildman–Crippen LogP) is 0.277. The van der Waals surface area contributed by atoms with Crippen LogP contribution < -0.4 is 5.32 Å². The second-order valence-electron chi connectivity index (χ2n) is 2.83. The van der Waals surface area contributed by atoms with E-state index in [4.69, 9.17) is 5.41 Å². The number of amidine groups is 1. The van der Waals surface area contributed by atoms with E-state index in [1.807, 2.05) is 6.92 Å². The number of hydrogen-bond acceptors (Lipinski definition) is 2. The molecule has 1 aliphatic rings. The summed E-state index contributed by atoms with van der Waals surface area (Å²) < 4.78 is 0. The number of nitrogens with one attached hydrogen (secondary N) is 2. The molecule has 2 N–H and O–H groups in total. The molecule has 0 aromatic heterocycles. The van der Waals surface area contributed by atoms with Gasteiger partial charge in [0.1, 0.15) is 0 Å². The lowest BCUT2D eigenvalue weighted by Gasteiger charge is -2.34. The monoisotopic (exact) mass is 141 g/mol. The van der Waals surface area contributed by atoms with Gasteiger partial charge in [-0.25, -0.2) is 0 Å². The molecule has 3 heteroatoms. The topological polar surface area (TPSA) is 39.1 Å². The van der Waals surface area contributed by atoms with E-state index in [1.165, 1.54) is 0 Å². The quantitative estimate of drug-likeness (QED) is 0.375. The van der Waals surface area contributed by atoms with Crippen LogP contribution in [0.5, 0.6) is 0 Å². The maximum atomic E-state index is 7.42. The van der Waals surface area contributed by atoms with Crippen molar-refractivity contribution in [3.8, 4) is 0 Å². The smallest absolute Gasteiger partial charge is 0.0929 e. The van der Waals surface area contributed by atoms with Crippen LogP contribution in [-0.2, 0) is 0 Å². The van der Waals surface area contributed by atoms with Gasteiger partial charge in [-0.3, -0.25) is 5.41 Å². The first-order chi connectivity index (χ1) is 4.72. The zero-order valence-corrected chi connectivity index (χ0v) is 6.65. The van der Waals surface area contributed by atoms with Crippen LogP contribution in [0.25, 0.3) is 0 Å². The van der Waals surface area contributed by atoms with Gasteiger partial charge in [-0.2, -0.15) is 0 Å². The van der Waals surface area contributed by atoms with E-state index in [0.717, 1.165) is 19.6 Å². The number of piperazine rings is 1. The Morgan fingerprint density at radius 1 is 1.70 bits per heavy atom. The molecule has 58 valence electrons. The van der Waals surface area contributed by atoms with Crippen molar-refractivity contribution in [3.05, 3.63) is 0 Å². The molecule has 1 fully saturated rings. The van der Waals surface area contributed by atoms with Gasteiger partial charge >= 0.3 is 0 Å². The minimum atomic E-state index is 0.492. The third-order valence-electron chi connectivity index (χ3n) is 1.93. The van der Waals surface area contributed by atoms with E-state index >= 15 is 0 Å². The lowest BCUT2D eigenvalue weighted by atomic mass is 10.2. The predicted molar refractivity (Wildman–Crippen MR) is 42.4 cm³/mol. The molecule has 1 saturated heterocycles. The van der Waals surface area contributed by atoms with Crippen LogP contribution in [0, 0.1) is 5.41 Å². The lowest BCUT2D eigenvalue weighted by molar-refractivity contribution is 0.271. The highest BCUT2D eigenvalue weighted by Crippen LogP contribution is 2.01. The molecule has 0 unspecified atom stereocenters. The highest BCUT2D eigenvalue weighted by Gasteiger charge is 2.16. The van der Waals surface area contributed by atoms with Crippen molar-refractivity contribution in [2.24, 2.45) is 0 Å². The summed E-state index contributed by atoms with van der Waals surface area (Å²) in [7, 11) is 0. The Balaban J connectivity index is 2.47. The van der Waals surface area contributed by atoms with Gasteiger partial charge in [0.05, 0.1) is 5.84 Å². The zero-order valence-electron chi connectivity index (χ0n) is 6.65. The molecular formula is C7H15N3. The van der Waals surface area contributed by atoms with E-state index in [0.29, 0.717) is 11.9 Å². The minimum Gasteiger partial charge on any atom is -0.356 e. The molecule has 1 atom stereocenters. The van der Waals surface area contributed by atoms with Crippen LogP contribution in [0.2, 0.25) is 0 Å². The summed E-state index contributed by atoms with van der Waals surface area (Å²) in [4.78, 5) is 2.12. The lowest BCUT2D eigenvalue weighted by Crippen LogP contribution is -2.51. The summed E-state index contributed by atoms with van der Waals surface area (Å²) in [6.45, 7) is 7.00. The first-order valence-electron chi connectivity index (χ1n) is 3.74. The standard InChI is InChI=1S/C7H15N3/c1-6-5-9-3-4-10(6)7(2)8/h6,8-9H,3-5H2,1-2H3/t6-/m0/s1. The Bertz CT molecular complexity index is 133. The second-order valence-corrected chi connectivity index (χ2v) is 2.83. The number of rotatable bonds is 0.